The Bertz CT molecular complexity index is 2950. The number of hydrogen-bond donors (Lipinski definition) is 0. The van der Waals surface area contributed by atoms with Gasteiger partial charge in [-0.05, 0) is 104 Å². The average Bonchev–Trinajstić information content (AvgIpc) is 3.74. The highest BCUT2D eigenvalue weighted by molar-refractivity contribution is 6.24. The molecular formula is C47H29N3. The van der Waals surface area contributed by atoms with E-state index >= 15 is 0 Å². The third-order valence-electron chi connectivity index (χ3n) is 10.4. The predicted molar refractivity (Wildman–Crippen MR) is 210 cm³/mol. The zero-order valence-corrected chi connectivity index (χ0v) is 27.1. The van der Waals surface area contributed by atoms with Crippen LogP contribution in [-0.2, 0) is 0 Å². The minimum Gasteiger partial charge on any atom is -0.309 e. The second kappa shape index (κ2) is 10.4. The molecule has 0 N–H and O–H groups in total. The number of fused-ring (bicyclic) bond motifs is 4. The Balaban J connectivity index is 1.03. The highest BCUT2D eigenvalue weighted by Gasteiger charge is 2.17. The maximum absolute atomic E-state index is 5.03. The molecule has 0 amide bonds. The van der Waals surface area contributed by atoms with Crippen LogP contribution < -0.4 is 0 Å². The van der Waals surface area contributed by atoms with Crippen molar-refractivity contribution < 1.29 is 0 Å². The molecule has 0 unspecified atom stereocenters. The van der Waals surface area contributed by atoms with Gasteiger partial charge in [0.05, 0.1) is 22.1 Å². The molecule has 0 spiro atoms. The van der Waals surface area contributed by atoms with Crippen LogP contribution in [0.3, 0.4) is 0 Å². The lowest BCUT2D eigenvalue weighted by molar-refractivity contribution is 1.10. The van der Waals surface area contributed by atoms with Crippen molar-refractivity contribution in [1.82, 2.24) is 14.1 Å². The summed E-state index contributed by atoms with van der Waals surface area (Å²) in [6.07, 6.45) is 0. The lowest BCUT2D eigenvalue weighted by atomic mass is 9.91. The first-order valence-electron chi connectivity index (χ1n) is 17.1. The third-order valence-corrected chi connectivity index (χ3v) is 10.4. The van der Waals surface area contributed by atoms with Crippen molar-refractivity contribution in [1.29, 1.82) is 0 Å². The summed E-state index contributed by atoms with van der Waals surface area (Å²) in [4.78, 5) is 5.03. The summed E-state index contributed by atoms with van der Waals surface area (Å²) in [5, 5.41) is 10.3. The van der Waals surface area contributed by atoms with Crippen LogP contribution in [0, 0.1) is 0 Å². The molecule has 232 valence electrons. The molecule has 0 aliphatic carbocycles. The molecule has 0 saturated heterocycles. The molecule has 0 aliphatic rings. The normalized spacial score (nSPS) is 12.0. The lowest BCUT2D eigenvalue weighted by Crippen LogP contribution is -1.97. The molecule has 0 aliphatic heterocycles. The van der Waals surface area contributed by atoms with E-state index in [1.54, 1.807) is 0 Å². The summed E-state index contributed by atoms with van der Waals surface area (Å²) in [7, 11) is 0. The molecule has 11 rings (SSSR count). The molecule has 0 saturated carbocycles. The lowest BCUT2D eigenvalue weighted by Gasteiger charge is -2.16. The molecule has 0 fully saturated rings. The van der Waals surface area contributed by atoms with E-state index in [1.807, 2.05) is 6.07 Å². The van der Waals surface area contributed by atoms with Gasteiger partial charge in [0.1, 0.15) is 5.82 Å². The number of imidazole rings is 1. The molecule has 2 aromatic heterocycles. The number of benzene rings is 9. The van der Waals surface area contributed by atoms with E-state index in [9.17, 15) is 0 Å². The molecule has 0 radical (unpaired) electrons. The van der Waals surface area contributed by atoms with Crippen molar-refractivity contribution >= 4 is 65.2 Å². The topological polar surface area (TPSA) is 22.8 Å². The molecule has 50 heavy (non-hydrogen) atoms. The van der Waals surface area contributed by atoms with E-state index in [-0.39, 0.29) is 0 Å². The van der Waals surface area contributed by atoms with Gasteiger partial charge in [-0.2, -0.15) is 0 Å². The van der Waals surface area contributed by atoms with Crippen LogP contribution in [0.4, 0.5) is 0 Å². The van der Waals surface area contributed by atoms with Crippen LogP contribution in [0.2, 0.25) is 0 Å². The fourth-order valence-corrected chi connectivity index (χ4v) is 8.19. The van der Waals surface area contributed by atoms with Crippen molar-refractivity contribution in [2.45, 2.75) is 0 Å². The van der Waals surface area contributed by atoms with E-state index in [0.29, 0.717) is 0 Å². The first-order chi connectivity index (χ1) is 24.8. The fraction of sp³-hybridized carbons (Fsp3) is 0. The summed E-state index contributed by atoms with van der Waals surface area (Å²) in [5.74, 6) is 0.948. The van der Waals surface area contributed by atoms with Crippen molar-refractivity contribution in [3.8, 4) is 33.9 Å². The molecule has 0 bridgehead atoms. The highest BCUT2D eigenvalue weighted by Crippen LogP contribution is 2.40. The first-order valence-corrected chi connectivity index (χ1v) is 17.1. The van der Waals surface area contributed by atoms with Gasteiger partial charge in [0.25, 0.3) is 0 Å². The van der Waals surface area contributed by atoms with Gasteiger partial charge in [-0.15, -0.1) is 0 Å². The maximum Gasteiger partial charge on any atom is 0.145 e. The van der Waals surface area contributed by atoms with Crippen LogP contribution in [0.25, 0.3) is 99.0 Å². The quantitative estimate of drug-likeness (QED) is 0.176. The van der Waals surface area contributed by atoms with Crippen molar-refractivity contribution in [2.75, 3.05) is 0 Å². The van der Waals surface area contributed by atoms with E-state index < -0.39 is 0 Å². The summed E-state index contributed by atoms with van der Waals surface area (Å²) in [6, 6.07) is 63.7. The van der Waals surface area contributed by atoms with Crippen LogP contribution in [0.1, 0.15) is 0 Å². The zero-order chi connectivity index (χ0) is 32.8. The van der Waals surface area contributed by atoms with Crippen LogP contribution >= 0.6 is 0 Å². The number of aromatic nitrogens is 3. The minimum atomic E-state index is 0.948. The van der Waals surface area contributed by atoms with Crippen molar-refractivity contribution in [3.05, 3.63) is 176 Å². The average molecular weight is 636 g/mol. The van der Waals surface area contributed by atoms with Gasteiger partial charge in [-0.1, -0.05) is 115 Å². The fourth-order valence-electron chi connectivity index (χ4n) is 8.19. The van der Waals surface area contributed by atoms with E-state index in [2.05, 4.69) is 179 Å². The Hall–Kier alpha value is -6.71. The first kappa shape index (κ1) is 27.3. The Morgan fingerprint density at radius 1 is 0.340 bits per heavy atom. The molecule has 9 aromatic carbocycles. The zero-order valence-electron chi connectivity index (χ0n) is 27.1. The molecule has 2 heterocycles. The van der Waals surface area contributed by atoms with Gasteiger partial charge in [-0.3, -0.25) is 4.57 Å². The monoisotopic (exact) mass is 635 g/mol. The van der Waals surface area contributed by atoms with Gasteiger partial charge >= 0.3 is 0 Å². The van der Waals surface area contributed by atoms with Gasteiger partial charge in [0, 0.05) is 27.7 Å². The second-order valence-corrected chi connectivity index (χ2v) is 13.2. The molecular weight excluding hydrogens is 607 g/mol. The van der Waals surface area contributed by atoms with Crippen molar-refractivity contribution in [2.24, 2.45) is 0 Å². The smallest absolute Gasteiger partial charge is 0.145 e. The van der Waals surface area contributed by atoms with E-state index in [0.717, 1.165) is 28.1 Å². The number of nitrogens with zero attached hydrogens (tertiary/aromatic N) is 3. The van der Waals surface area contributed by atoms with Gasteiger partial charge < -0.3 is 4.57 Å². The van der Waals surface area contributed by atoms with Crippen LogP contribution in [-0.4, -0.2) is 14.1 Å². The van der Waals surface area contributed by atoms with Gasteiger partial charge in [0.2, 0.25) is 0 Å². The highest BCUT2D eigenvalue weighted by atomic mass is 15.1. The van der Waals surface area contributed by atoms with E-state index in [4.69, 9.17) is 4.98 Å². The third kappa shape index (κ3) is 3.95. The van der Waals surface area contributed by atoms with Gasteiger partial charge in [0.15, 0.2) is 0 Å². The summed E-state index contributed by atoms with van der Waals surface area (Å²) in [6.45, 7) is 0. The number of hydrogen-bond acceptors (Lipinski definition) is 1. The minimum absolute atomic E-state index is 0.948. The largest absolute Gasteiger partial charge is 0.309 e. The molecule has 3 nitrogen and oxygen atoms in total. The van der Waals surface area contributed by atoms with E-state index in [1.165, 1.54) is 70.9 Å². The van der Waals surface area contributed by atoms with Crippen LogP contribution in [0.5, 0.6) is 0 Å². The Kier molecular flexibility index (Phi) is 5.67. The summed E-state index contributed by atoms with van der Waals surface area (Å²) < 4.78 is 4.68. The standard InChI is InChI=1S/C47H29N3/c1-2-10-31(11-3-1)47-48-41-14-6-9-17-44(41)50(47)37-24-22-30(23-25-37)36-26-32-18-20-34-28-38(29-35-21-19-33(27-36)45(32)46(34)35)49-42-15-7-4-12-39(42)40-13-5-8-16-43(40)49/h1-29H. The van der Waals surface area contributed by atoms with Crippen LogP contribution in [0.15, 0.2) is 176 Å². The molecule has 11 aromatic rings. The molecule has 3 heteroatoms. The Morgan fingerprint density at radius 2 is 0.860 bits per heavy atom. The van der Waals surface area contributed by atoms with Crippen molar-refractivity contribution in [3.63, 3.8) is 0 Å². The maximum atomic E-state index is 5.03. The Labute approximate surface area is 288 Å². The Morgan fingerprint density at radius 3 is 1.48 bits per heavy atom. The molecule has 0 atom stereocenters. The SMILES string of the molecule is c1ccc(-c2nc3ccccc3n2-c2ccc(-c3cc4ccc5cc(-n6c7ccccc7c7ccccc76)cc6ccc(c3)c4c56)cc2)cc1. The van der Waals surface area contributed by atoms with Gasteiger partial charge in [-0.25, -0.2) is 4.98 Å². The second-order valence-electron chi connectivity index (χ2n) is 13.2. The predicted octanol–water partition coefficient (Wildman–Crippen LogP) is 12.4. The number of para-hydroxylation sites is 4. The summed E-state index contributed by atoms with van der Waals surface area (Å²) in [5.41, 5.74) is 10.3. The number of rotatable bonds is 4. The summed E-state index contributed by atoms with van der Waals surface area (Å²) >= 11 is 0.